The van der Waals surface area contributed by atoms with Gasteiger partial charge in [0, 0.05) is 5.56 Å². The van der Waals surface area contributed by atoms with Crippen molar-refractivity contribution in [3.8, 4) is 39.3 Å². The second kappa shape index (κ2) is 7.91. The molecule has 9 rings (SSSR count). The second-order valence-corrected chi connectivity index (χ2v) is 10.7. The Kier molecular flexibility index (Phi) is 4.29. The highest BCUT2D eigenvalue weighted by Gasteiger charge is 2.51. The van der Waals surface area contributed by atoms with E-state index >= 15 is 0 Å². The molecule has 2 heteroatoms. The fourth-order valence-electron chi connectivity index (χ4n) is 7.25. The third-order valence-corrected chi connectivity index (χ3v) is 8.81. The SMILES string of the molecule is c1ccc(-c2ccc3c(c2)C2(c4ccccc4-3)c3ccccc3-n3c(-c4ccccc4)nc4cccc2c43)cc1. The Bertz CT molecular complexity index is 2100. The summed E-state index contributed by atoms with van der Waals surface area (Å²) < 4.78 is 2.39. The molecule has 0 amide bonds. The molecule has 1 spiro atoms. The Labute approximate surface area is 232 Å². The molecule has 1 aromatic heterocycles. The Morgan fingerprint density at radius 3 is 1.93 bits per heavy atom. The van der Waals surface area contributed by atoms with Gasteiger partial charge in [-0.2, -0.15) is 0 Å². The summed E-state index contributed by atoms with van der Waals surface area (Å²) in [6, 6.07) is 52.9. The molecule has 2 nitrogen and oxygen atoms in total. The van der Waals surface area contributed by atoms with Crippen molar-refractivity contribution in [1.82, 2.24) is 9.55 Å². The van der Waals surface area contributed by atoms with E-state index in [1.807, 2.05) is 0 Å². The Morgan fingerprint density at radius 2 is 1.10 bits per heavy atom. The standard InChI is InChI=1S/C38H24N2/c1-3-12-25(13-4-1)27-22-23-29-28-16-7-8-17-30(28)38(33(29)24-27)31-18-9-10-21-35(31)40-36-32(38)19-11-20-34(36)39-37(40)26-14-5-2-6-15-26/h1-24H. The average molecular weight is 509 g/mol. The molecule has 0 N–H and O–H groups in total. The van der Waals surface area contributed by atoms with Crippen molar-refractivity contribution in [2.24, 2.45) is 0 Å². The summed E-state index contributed by atoms with van der Waals surface area (Å²) in [6.07, 6.45) is 0. The zero-order chi connectivity index (χ0) is 26.3. The zero-order valence-corrected chi connectivity index (χ0v) is 21.8. The fraction of sp³-hybridized carbons (Fsp3) is 0.0263. The first-order valence-electron chi connectivity index (χ1n) is 13.8. The van der Waals surface area contributed by atoms with Crippen LogP contribution in [0.4, 0.5) is 0 Å². The molecular formula is C38H24N2. The van der Waals surface area contributed by atoms with Crippen molar-refractivity contribution in [2.45, 2.75) is 5.41 Å². The smallest absolute Gasteiger partial charge is 0.145 e. The van der Waals surface area contributed by atoms with Crippen LogP contribution in [0.25, 0.3) is 50.4 Å². The molecule has 1 atom stereocenters. The number of benzene rings is 6. The Balaban J connectivity index is 1.47. The molecule has 7 aromatic rings. The van der Waals surface area contributed by atoms with Crippen molar-refractivity contribution < 1.29 is 0 Å². The van der Waals surface area contributed by atoms with Gasteiger partial charge in [0.05, 0.1) is 22.1 Å². The van der Waals surface area contributed by atoms with E-state index < -0.39 is 5.41 Å². The zero-order valence-electron chi connectivity index (χ0n) is 21.8. The minimum Gasteiger partial charge on any atom is -0.292 e. The molecule has 2 aliphatic rings. The predicted molar refractivity (Wildman–Crippen MR) is 163 cm³/mol. The number of imidazole rings is 1. The van der Waals surface area contributed by atoms with Crippen LogP contribution in [-0.4, -0.2) is 9.55 Å². The lowest BCUT2D eigenvalue weighted by Gasteiger charge is -2.39. The van der Waals surface area contributed by atoms with Crippen molar-refractivity contribution in [3.63, 3.8) is 0 Å². The Hall–Kier alpha value is -5.21. The Morgan fingerprint density at radius 1 is 0.450 bits per heavy atom. The van der Waals surface area contributed by atoms with Crippen LogP contribution in [0.3, 0.4) is 0 Å². The minimum atomic E-state index is -0.448. The monoisotopic (exact) mass is 508 g/mol. The van der Waals surface area contributed by atoms with E-state index in [0.29, 0.717) is 0 Å². The van der Waals surface area contributed by atoms with Crippen LogP contribution in [0.2, 0.25) is 0 Å². The van der Waals surface area contributed by atoms with Gasteiger partial charge in [-0.1, -0.05) is 127 Å². The van der Waals surface area contributed by atoms with Gasteiger partial charge in [0.2, 0.25) is 0 Å². The summed E-state index contributed by atoms with van der Waals surface area (Å²) in [5.74, 6) is 0.981. The summed E-state index contributed by atoms with van der Waals surface area (Å²) in [6.45, 7) is 0. The third-order valence-electron chi connectivity index (χ3n) is 8.81. The number of fused-ring (bicyclic) bond motifs is 9. The average Bonchev–Trinajstić information content (AvgIpc) is 3.56. The summed E-state index contributed by atoms with van der Waals surface area (Å²) in [5, 5.41) is 0. The van der Waals surface area contributed by atoms with Crippen LogP contribution in [0.15, 0.2) is 146 Å². The number of nitrogens with zero attached hydrogens (tertiary/aromatic N) is 2. The van der Waals surface area contributed by atoms with E-state index in [9.17, 15) is 0 Å². The number of hydrogen-bond donors (Lipinski definition) is 0. The summed E-state index contributed by atoms with van der Waals surface area (Å²) >= 11 is 0. The van der Waals surface area contributed by atoms with E-state index in [-0.39, 0.29) is 0 Å². The molecule has 0 saturated heterocycles. The summed E-state index contributed by atoms with van der Waals surface area (Å²) in [5.41, 5.74) is 14.4. The maximum Gasteiger partial charge on any atom is 0.145 e. The van der Waals surface area contributed by atoms with E-state index in [2.05, 4.69) is 150 Å². The lowest BCUT2D eigenvalue weighted by Crippen LogP contribution is -2.33. The molecule has 0 saturated carbocycles. The van der Waals surface area contributed by atoms with E-state index in [1.165, 1.54) is 55.7 Å². The largest absolute Gasteiger partial charge is 0.292 e. The first-order valence-corrected chi connectivity index (χ1v) is 13.8. The van der Waals surface area contributed by atoms with E-state index in [0.717, 1.165) is 16.9 Å². The lowest BCUT2D eigenvalue weighted by molar-refractivity contribution is 0.746. The topological polar surface area (TPSA) is 17.8 Å². The first kappa shape index (κ1) is 21.7. The van der Waals surface area contributed by atoms with E-state index in [1.54, 1.807) is 0 Å². The molecule has 40 heavy (non-hydrogen) atoms. The minimum absolute atomic E-state index is 0.448. The van der Waals surface area contributed by atoms with Crippen LogP contribution < -0.4 is 0 Å². The quantitative estimate of drug-likeness (QED) is 0.228. The number of rotatable bonds is 2. The third kappa shape index (κ3) is 2.65. The molecular weight excluding hydrogens is 484 g/mol. The van der Waals surface area contributed by atoms with Crippen LogP contribution in [-0.2, 0) is 5.41 Å². The molecule has 1 unspecified atom stereocenters. The van der Waals surface area contributed by atoms with Gasteiger partial charge in [0.25, 0.3) is 0 Å². The summed E-state index contributed by atoms with van der Waals surface area (Å²) in [4.78, 5) is 5.25. The molecule has 0 radical (unpaired) electrons. The summed E-state index contributed by atoms with van der Waals surface area (Å²) in [7, 11) is 0. The van der Waals surface area contributed by atoms with E-state index in [4.69, 9.17) is 4.98 Å². The highest BCUT2D eigenvalue weighted by molar-refractivity contribution is 5.97. The van der Waals surface area contributed by atoms with Gasteiger partial charge in [-0.05, 0) is 62.7 Å². The molecule has 0 fully saturated rings. The van der Waals surface area contributed by atoms with Gasteiger partial charge in [-0.3, -0.25) is 4.57 Å². The molecule has 186 valence electrons. The molecule has 6 aromatic carbocycles. The fourth-order valence-corrected chi connectivity index (χ4v) is 7.25. The lowest BCUT2D eigenvalue weighted by atomic mass is 9.65. The van der Waals surface area contributed by atoms with Gasteiger partial charge < -0.3 is 0 Å². The van der Waals surface area contributed by atoms with Gasteiger partial charge in [0.15, 0.2) is 0 Å². The van der Waals surface area contributed by atoms with Crippen LogP contribution >= 0.6 is 0 Å². The highest BCUT2D eigenvalue weighted by Crippen LogP contribution is 2.60. The predicted octanol–water partition coefficient (Wildman–Crippen LogP) is 9.04. The highest BCUT2D eigenvalue weighted by atomic mass is 15.1. The molecule has 1 aliphatic carbocycles. The van der Waals surface area contributed by atoms with Crippen molar-refractivity contribution >= 4 is 11.0 Å². The van der Waals surface area contributed by atoms with Crippen molar-refractivity contribution in [2.75, 3.05) is 0 Å². The van der Waals surface area contributed by atoms with Crippen molar-refractivity contribution in [3.05, 3.63) is 168 Å². The maximum atomic E-state index is 5.25. The van der Waals surface area contributed by atoms with Gasteiger partial charge in [-0.15, -0.1) is 0 Å². The van der Waals surface area contributed by atoms with Gasteiger partial charge in [-0.25, -0.2) is 4.98 Å². The number of hydrogen-bond acceptors (Lipinski definition) is 1. The molecule has 1 aliphatic heterocycles. The number of aromatic nitrogens is 2. The van der Waals surface area contributed by atoms with Gasteiger partial charge in [0.1, 0.15) is 5.82 Å². The molecule has 0 bridgehead atoms. The van der Waals surface area contributed by atoms with Crippen LogP contribution in [0, 0.1) is 0 Å². The first-order chi connectivity index (χ1) is 19.9. The maximum absolute atomic E-state index is 5.25. The van der Waals surface area contributed by atoms with Crippen LogP contribution in [0.5, 0.6) is 0 Å². The second-order valence-electron chi connectivity index (χ2n) is 10.7. The van der Waals surface area contributed by atoms with Gasteiger partial charge >= 0.3 is 0 Å². The van der Waals surface area contributed by atoms with Crippen LogP contribution in [0.1, 0.15) is 22.3 Å². The van der Waals surface area contributed by atoms with Crippen molar-refractivity contribution in [1.29, 1.82) is 0 Å². The normalized spacial score (nSPS) is 16.1. The number of para-hydroxylation sites is 2. The molecule has 2 heterocycles.